The van der Waals surface area contributed by atoms with E-state index in [1.165, 1.54) is 12.8 Å². The maximum absolute atomic E-state index is 5.32. The SMILES string of the molecule is Cl.c1cc(-c2noc(CC3CCNCC3)n2)ccn1. The lowest BCUT2D eigenvalue weighted by atomic mass is 9.95. The lowest BCUT2D eigenvalue weighted by Crippen LogP contribution is -2.28. The van der Waals surface area contributed by atoms with Gasteiger partial charge < -0.3 is 9.84 Å². The number of pyridine rings is 1. The van der Waals surface area contributed by atoms with Gasteiger partial charge in [0.1, 0.15) is 0 Å². The molecule has 0 aromatic carbocycles. The number of nitrogens with one attached hydrogen (secondary N) is 1. The zero-order valence-corrected chi connectivity index (χ0v) is 11.4. The van der Waals surface area contributed by atoms with E-state index >= 15 is 0 Å². The zero-order chi connectivity index (χ0) is 12.2. The van der Waals surface area contributed by atoms with Gasteiger partial charge in [0.25, 0.3) is 0 Å². The number of rotatable bonds is 3. The minimum atomic E-state index is 0. The third-order valence-corrected chi connectivity index (χ3v) is 3.33. The molecule has 0 unspecified atom stereocenters. The third kappa shape index (κ3) is 3.52. The van der Waals surface area contributed by atoms with Crippen molar-refractivity contribution >= 4 is 12.4 Å². The van der Waals surface area contributed by atoms with Crippen molar-refractivity contribution < 1.29 is 4.52 Å². The van der Waals surface area contributed by atoms with Crippen molar-refractivity contribution in [3.8, 4) is 11.4 Å². The van der Waals surface area contributed by atoms with Crippen LogP contribution in [0.4, 0.5) is 0 Å². The first kappa shape index (κ1) is 14.0. The van der Waals surface area contributed by atoms with Crippen LogP contribution >= 0.6 is 12.4 Å². The Balaban J connectivity index is 0.00000133. The number of halogens is 1. The highest BCUT2D eigenvalue weighted by Crippen LogP contribution is 2.19. The Bertz CT molecular complexity index is 496. The van der Waals surface area contributed by atoms with Gasteiger partial charge in [-0.1, -0.05) is 5.16 Å². The maximum atomic E-state index is 5.32. The van der Waals surface area contributed by atoms with Crippen LogP contribution in [0.5, 0.6) is 0 Å². The number of hydrogen-bond donors (Lipinski definition) is 1. The second kappa shape index (κ2) is 6.63. The van der Waals surface area contributed by atoms with E-state index in [1.807, 2.05) is 12.1 Å². The smallest absolute Gasteiger partial charge is 0.227 e. The van der Waals surface area contributed by atoms with Gasteiger partial charge in [-0.15, -0.1) is 12.4 Å². The molecule has 3 rings (SSSR count). The van der Waals surface area contributed by atoms with Crippen molar-refractivity contribution in [2.24, 2.45) is 5.92 Å². The van der Waals surface area contributed by atoms with Gasteiger partial charge in [-0.3, -0.25) is 4.98 Å². The number of aromatic nitrogens is 3. The molecule has 2 aromatic heterocycles. The quantitative estimate of drug-likeness (QED) is 0.933. The first-order chi connectivity index (χ1) is 8.92. The molecule has 2 aromatic rings. The summed E-state index contributed by atoms with van der Waals surface area (Å²) in [5.41, 5.74) is 0.949. The first-order valence-corrected chi connectivity index (χ1v) is 6.35. The van der Waals surface area contributed by atoms with E-state index in [-0.39, 0.29) is 12.4 Å². The Labute approximate surface area is 118 Å². The zero-order valence-electron chi connectivity index (χ0n) is 10.6. The molecule has 0 amide bonds. The minimum absolute atomic E-state index is 0. The fourth-order valence-electron chi connectivity index (χ4n) is 2.29. The molecular formula is C13H17ClN4O. The highest BCUT2D eigenvalue weighted by molar-refractivity contribution is 5.85. The van der Waals surface area contributed by atoms with Crippen LogP contribution in [0.25, 0.3) is 11.4 Å². The van der Waals surface area contributed by atoms with Gasteiger partial charge in [-0.05, 0) is 44.0 Å². The molecule has 0 spiro atoms. The Morgan fingerprint density at radius 3 is 2.68 bits per heavy atom. The van der Waals surface area contributed by atoms with Crippen LogP contribution < -0.4 is 5.32 Å². The van der Waals surface area contributed by atoms with Gasteiger partial charge in [0.15, 0.2) is 0 Å². The summed E-state index contributed by atoms with van der Waals surface area (Å²) >= 11 is 0. The molecule has 19 heavy (non-hydrogen) atoms. The summed E-state index contributed by atoms with van der Waals surface area (Å²) in [6.45, 7) is 2.19. The van der Waals surface area contributed by atoms with Crippen molar-refractivity contribution in [3.63, 3.8) is 0 Å². The van der Waals surface area contributed by atoms with E-state index in [0.717, 1.165) is 31.0 Å². The van der Waals surface area contributed by atoms with E-state index in [9.17, 15) is 0 Å². The summed E-state index contributed by atoms with van der Waals surface area (Å²) in [7, 11) is 0. The normalized spacial score (nSPS) is 16.0. The summed E-state index contributed by atoms with van der Waals surface area (Å²) in [6, 6.07) is 3.78. The molecule has 0 saturated carbocycles. The van der Waals surface area contributed by atoms with Crippen molar-refractivity contribution in [3.05, 3.63) is 30.4 Å². The lowest BCUT2D eigenvalue weighted by molar-refractivity contribution is 0.313. The van der Waals surface area contributed by atoms with Crippen LogP contribution in [-0.2, 0) is 6.42 Å². The predicted octanol–water partition coefficient (Wildman–Crippen LogP) is 2.10. The van der Waals surface area contributed by atoms with Crippen molar-refractivity contribution in [1.29, 1.82) is 0 Å². The second-order valence-corrected chi connectivity index (χ2v) is 4.65. The summed E-state index contributed by atoms with van der Waals surface area (Å²) in [6.07, 6.45) is 6.73. The molecule has 5 nitrogen and oxygen atoms in total. The molecule has 0 bridgehead atoms. The van der Waals surface area contributed by atoms with Crippen molar-refractivity contribution in [2.75, 3.05) is 13.1 Å². The van der Waals surface area contributed by atoms with Crippen LogP contribution in [0, 0.1) is 5.92 Å². The molecule has 3 heterocycles. The van der Waals surface area contributed by atoms with Crippen LogP contribution in [0.15, 0.2) is 29.0 Å². The average molecular weight is 281 g/mol. The molecule has 1 aliphatic rings. The molecule has 1 N–H and O–H groups in total. The number of nitrogens with zero attached hydrogens (tertiary/aromatic N) is 3. The predicted molar refractivity (Wildman–Crippen MR) is 74.1 cm³/mol. The summed E-state index contributed by atoms with van der Waals surface area (Å²) in [4.78, 5) is 8.43. The van der Waals surface area contributed by atoms with E-state index in [4.69, 9.17) is 4.52 Å². The average Bonchev–Trinajstić information content (AvgIpc) is 2.89. The van der Waals surface area contributed by atoms with Crippen LogP contribution in [0.2, 0.25) is 0 Å². The largest absolute Gasteiger partial charge is 0.339 e. The first-order valence-electron chi connectivity index (χ1n) is 6.35. The second-order valence-electron chi connectivity index (χ2n) is 4.65. The van der Waals surface area contributed by atoms with Gasteiger partial charge in [0.2, 0.25) is 11.7 Å². The Morgan fingerprint density at radius 1 is 1.21 bits per heavy atom. The van der Waals surface area contributed by atoms with Crippen molar-refractivity contribution in [1.82, 2.24) is 20.4 Å². The summed E-state index contributed by atoms with van der Waals surface area (Å²) < 4.78 is 5.32. The van der Waals surface area contributed by atoms with Gasteiger partial charge >= 0.3 is 0 Å². The van der Waals surface area contributed by atoms with Crippen molar-refractivity contribution in [2.45, 2.75) is 19.3 Å². The highest BCUT2D eigenvalue weighted by Gasteiger charge is 2.17. The molecule has 0 radical (unpaired) electrons. The minimum Gasteiger partial charge on any atom is -0.339 e. The third-order valence-electron chi connectivity index (χ3n) is 3.33. The molecule has 1 fully saturated rings. The lowest BCUT2D eigenvalue weighted by Gasteiger charge is -2.20. The monoisotopic (exact) mass is 280 g/mol. The highest BCUT2D eigenvalue weighted by atomic mass is 35.5. The van der Waals surface area contributed by atoms with E-state index in [1.54, 1.807) is 12.4 Å². The van der Waals surface area contributed by atoms with Crippen LogP contribution in [-0.4, -0.2) is 28.2 Å². The van der Waals surface area contributed by atoms with Crippen LogP contribution in [0.1, 0.15) is 18.7 Å². The van der Waals surface area contributed by atoms with Gasteiger partial charge in [-0.2, -0.15) is 4.98 Å². The Morgan fingerprint density at radius 2 is 1.95 bits per heavy atom. The molecule has 1 saturated heterocycles. The molecule has 6 heteroatoms. The molecule has 0 atom stereocenters. The Hall–Kier alpha value is -1.46. The fourth-order valence-corrected chi connectivity index (χ4v) is 2.29. The van der Waals surface area contributed by atoms with E-state index < -0.39 is 0 Å². The van der Waals surface area contributed by atoms with Crippen LogP contribution in [0.3, 0.4) is 0 Å². The fraction of sp³-hybridized carbons (Fsp3) is 0.462. The summed E-state index contributed by atoms with van der Waals surface area (Å²) in [5.74, 6) is 2.06. The molecular weight excluding hydrogens is 264 g/mol. The van der Waals surface area contributed by atoms with Gasteiger partial charge in [0.05, 0.1) is 0 Å². The van der Waals surface area contributed by atoms with Gasteiger partial charge in [-0.25, -0.2) is 0 Å². The Kier molecular flexibility index (Phi) is 4.87. The summed E-state index contributed by atoms with van der Waals surface area (Å²) in [5, 5.41) is 7.38. The van der Waals surface area contributed by atoms with E-state index in [0.29, 0.717) is 11.7 Å². The molecule has 0 aliphatic carbocycles. The standard InChI is InChI=1S/C13H16N4O.ClH/c1-5-14-6-2-10(1)9-12-16-13(17-18-12)11-3-7-15-8-4-11;/h3-4,7-8,10,14H,1-2,5-6,9H2;1H. The maximum Gasteiger partial charge on any atom is 0.227 e. The number of hydrogen-bond acceptors (Lipinski definition) is 5. The molecule has 102 valence electrons. The topological polar surface area (TPSA) is 63.8 Å². The molecule has 1 aliphatic heterocycles. The number of piperidine rings is 1. The van der Waals surface area contributed by atoms with Gasteiger partial charge in [0, 0.05) is 24.4 Å². The van der Waals surface area contributed by atoms with E-state index in [2.05, 4.69) is 20.4 Å².